The summed E-state index contributed by atoms with van der Waals surface area (Å²) in [7, 11) is 0. The number of anilines is 4. The Morgan fingerprint density at radius 2 is 1.00 bits per heavy atom. The third-order valence-electron chi connectivity index (χ3n) is 12.4. The van der Waals surface area contributed by atoms with Gasteiger partial charge < -0.3 is 9.80 Å². The Labute approximate surface area is 350 Å². The van der Waals surface area contributed by atoms with Crippen LogP contribution in [0.25, 0.3) is 38.8 Å². The minimum absolute atomic E-state index is 0.678. The lowest BCUT2D eigenvalue weighted by atomic mass is 9.65. The van der Waals surface area contributed by atoms with Gasteiger partial charge in [0, 0.05) is 28.3 Å². The van der Waals surface area contributed by atoms with Gasteiger partial charge >= 0.3 is 0 Å². The summed E-state index contributed by atoms with van der Waals surface area (Å²) in [6.07, 6.45) is 1.95. The van der Waals surface area contributed by atoms with Gasteiger partial charge in [0.1, 0.15) is 12.5 Å². The van der Waals surface area contributed by atoms with Crippen molar-refractivity contribution in [1.82, 2.24) is 9.55 Å². The molecule has 11 rings (SSSR count). The van der Waals surface area contributed by atoms with Crippen molar-refractivity contribution in [3.8, 4) is 16.9 Å². The van der Waals surface area contributed by atoms with Crippen molar-refractivity contribution in [3.63, 3.8) is 0 Å². The zero-order valence-electron chi connectivity index (χ0n) is 33.4. The number of benzene rings is 8. The Morgan fingerprint density at radius 1 is 0.433 bits per heavy atom. The van der Waals surface area contributed by atoms with E-state index in [4.69, 9.17) is 4.98 Å². The average Bonchev–Trinajstić information content (AvgIpc) is 3.87. The fourth-order valence-corrected chi connectivity index (χ4v) is 9.60. The first kappa shape index (κ1) is 35.5. The molecule has 0 unspecified atom stereocenters. The Bertz CT molecular complexity index is 3110. The van der Waals surface area contributed by atoms with E-state index in [1.807, 2.05) is 6.20 Å². The highest BCUT2D eigenvalue weighted by Crippen LogP contribution is 2.49. The maximum atomic E-state index is 5.06. The van der Waals surface area contributed by atoms with Crippen LogP contribution in [0, 0.1) is 6.92 Å². The molecule has 60 heavy (non-hydrogen) atoms. The van der Waals surface area contributed by atoms with E-state index in [0.29, 0.717) is 6.67 Å². The van der Waals surface area contributed by atoms with Gasteiger partial charge in [0.05, 0.1) is 27.8 Å². The number of aromatic nitrogens is 2. The molecule has 0 radical (unpaired) electrons. The third kappa shape index (κ3) is 5.71. The number of pyridine rings is 1. The molecule has 0 saturated heterocycles. The number of aryl methyl sites for hydroxylation is 1. The van der Waals surface area contributed by atoms with Gasteiger partial charge in [-0.25, -0.2) is 4.98 Å². The van der Waals surface area contributed by atoms with Gasteiger partial charge in [0.15, 0.2) is 0 Å². The highest BCUT2D eigenvalue weighted by atomic mass is 15.4. The number of rotatable bonds is 8. The van der Waals surface area contributed by atoms with Gasteiger partial charge in [0.2, 0.25) is 0 Å². The predicted molar refractivity (Wildman–Crippen MR) is 249 cm³/mol. The van der Waals surface area contributed by atoms with Gasteiger partial charge in [-0.3, -0.25) is 4.57 Å². The van der Waals surface area contributed by atoms with Crippen LogP contribution in [0.2, 0.25) is 0 Å². The molecule has 0 amide bonds. The molecule has 0 spiro atoms. The minimum atomic E-state index is -0.678. The molecule has 4 nitrogen and oxygen atoms in total. The zero-order valence-corrected chi connectivity index (χ0v) is 33.4. The number of hydrogen-bond donors (Lipinski definition) is 0. The summed E-state index contributed by atoms with van der Waals surface area (Å²) < 4.78 is 2.35. The molecule has 2 aromatic heterocycles. The molecule has 0 fully saturated rings. The molecule has 4 heteroatoms. The summed E-state index contributed by atoms with van der Waals surface area (Å²) in [4.78, 5) is 9.91. The van der Waals surface area contributed by atoms with Crippen molar-refractivity contribution < 1.29 is 0 Å². The fraction of sp³-hybridized carbons (Fsp3) is 0.0536. The molecule has 0 atom stereocenters. The second kappa shape index (κ2) is 14.6. The molecule has 1 aliphatic rings. The molecule has 286 valence electrons. The third-order valence-corrected chi connectivity index (χ3v) is 12.4. The van der Waals surface area contributed by atoms with Crippen molar-refractivity contribution in [3.05, 3.63) is 252 Å². The van der Waals surface area contributed by atoms with E-state index >= 15 is 0 Å². The van der Waals surface area contributed by atoms with E-state index in [2.05, 4.69) is 240 Å². The summed E-state index contributed by atoms with van der Waals surface area (Å²) in [5.74, 6) is 0.891. The molecule has 10 aromatic rings. The van der Waals surface area contributed by atoms with E-state index in [0.717, 1.165) is 28.1 Å². The van der Waals surface area contributed by atoms with Crippen LogP contribution in [-0.4, -0.2) is 16.2 Å². The molecule has 3 heterocycles. The molecule has 0 aliphatic carbocycles. The van der Waals surface area contributed by atoms with Crippen LogP contribution in [-0.2, 0) is 5.41 Å². The smallest absolute Gasteiger partial charge is 0.138 e. The largest absolute Gasteiger partial charge is 0.321 e. The number of nitrogens with zero attached hydrogens (tertiary/aromatic N) is 4. The van der Waals surface area contributed by atoms with Crippen molar-refractivity contribution in [1.29, 1.82) is 0 Å². The molecule has 0 bridgehead atoms. The van der Waals surface area contributed by atoms with Crippen LogP contribution in [0.15, 0.2) is 225 Å². The van der Waals surface area contributed by atoms with Crippen LogP contribution in [0.4, 0.5) is 22.7 Å². The van der Waals surface area contributed by atoms with E-state index in [-0.39, 0.29) is 0 Å². The van der Waals surface area contributed by atoms with Gasteiger partial charge in [-0.2, -0.15) is 0 Å². The van der Waals surface area contributed by atoms with Crippen LogP contribution in [0.3, 0.4) is 0 Å². The second-order valence-electron chi connectivity index (χ2n) is 15.7. The Morgan fingerprint density at radius 3 is 1.73 bits per heavy atom. The number of hydrogen-bond acceptors (Lipinski definition) is 3. The minimum Gasteiger partial charge on any atom is -0.321 e. The van der Waals surface area contributed by atoms with Gasteiger partial charge in [-0.05, 0) is 107 Å². The average molecular weight is 771 g/mol. The lowest BCUT2D eigenvalue weighted by Crippen LogP contribution is -2.31. The lowest BCUT2D eigenvalue weighted by Gasteiger charge is -2.37. The summed E-state index contributed by atoms with van der Waals surface area (Å²) >= 11 is 0. The Hall–Kier alpha value is -7.69. The van der Waals surface area contributed by atoms with Crippen LogP contribution in [0.5, 0.6) is 0 Å². The maximum absolute atomic E-state index is 5.06. The van der Waals surface area contributed by atoms with Gasteiger partial charge in [-0.15, -0.1) is 0 Å². The first-order chi connectivity index (χ1) is 29.7. The number of fused-ring (bicyclic) bond motifs is 4. The monoisotopic (exact) mass is 770 g/mol. The second-order valence-corrected chi connectivity index (χ2v) is 15.7. The molecular formula is C56H42N4. The first-order valence-corrected chi connectivity index (χ1v) is 20.7. The van der Waals surface area contributed by atoms with Gasteiger partial charge in [-0.1, -0.05) is 158 Å². The predicted octanol–water partition coefficient (Wildman–Crippen LogP) is 13.8. The summed E-state index contributed by atoms with van der Waals surface area (Å²) in [6.45, 7) is 2.88. The molecule has 0 N–H and O–H groups in total. The van der Waals surface area contributed by atoms with Crippen molar-refractivity contribution in [2.24, 2.45) is 0 Å². The topological polar surface area (TPSA) is 24.3 Å². The lowest BCUT2D eigenvalue weighted by molar-refractivity contribution is 0.745. The van der Waals surface area contributed by atoms with Crippen LogP contribution >= 0.6 is 0 Å². The first-order valence-electron chi connectivity index (χ1n) is 20.7. The summed E-state index contributed by atoms with van der Waals surface area (Å²) in [6, 6.07) is 79.4. The zero-order chi connectivity index (χ0) is 40.0. The van der Waals surface area contributed by atoms with Gasteiger partial charge in [0.25, 0.3) is 0 Å². The van der Waals surface area contributed by atoms with Crippen LogP contribution in [0.1, 0.15) is 27.8 Å². The quantitative estimate of drug-likeness (QED) is 0.144. The SMILES string of the molecule is Cc1ccccc1-c1ccnc(-n2c3ccccc3c3ccc(C(c4ccccc4)(c4ccccc4)c4cccc(N5CN(c6ccccc6)c6ccccc65)c4)cc32)c1. The van der Waals surface area contributed by atoms with E-state index in [1.165, 1.54) is 61.2 Å². The highest BCUT2D eigenvalue weighted by molar-refractivity contribution is 6.09. The van der Waals surface area contributed by atoms with E-state index in [9.17, 15) is 0 Å². The van der Waals surface area contributed by atoms with Crippen LogP contribution < -0.4 is 9.80 Å². The van der Waals surface area contributed by atoms with E-state index in [1.54, 1.807) is 0 Å². The number of para-hydroxylation sites is 4. The van der Waals surface area contributed by atoms with Crippen molar-refractivity contribution in [2.75, 3.05) is 16.5 Å². The Balaban J connectivity index is 1.15. The van der Waals surface area contributed by atoms with Crippen molar-refractivity contribution >= 4 is 44.6 Å². The standard InChI is InChI=1S/C56H42N4/c1-40-18-11-12-27-48(40)41-34-35-57-55(36-41)60-51-29-14-13-28-49(51)50-33-32-45(38-54(50)60)56(42-19-5-2-6-20-42,43-21-7-3-8-22-43)44-23-17-26-47(37-44)59-39-58(46-24-9-4-10-25-46)52-30-15-16-31-53(52)59/h2-38H,39H2,1H3. The maximum Gasteiger partial charge on any atom is 0.138 e. The molecule has 8 aromatic carbocycles. The normalized spacial score (nSPS) is 12.6. The summed E-state index contributed by atoms with van der Waals surface area (Å²) in [5.41, 5.74) is 14.6. The fourth-order valence-electron chi connectivity index (χ4n) is 9.60. The van der Waals surface area contributed by atoms with E-state index < -0.39 is 5.41 Å². The highest BCUT2D eigenvalue weighted by Gasteiger charge is 2.40. The molecule has 1 aliphatic heterocycles. The Kier molecular flexibility index (Phi) is 8.63. The molecular weight excluding hydrogens is 729 g/mol. The van der Waals surface area contributed by atoms with Crippen molar-refractivity contribution in [2.45, 2.75) is 12.3 Å². The molecule has 0 saturated carbocycles. The summed E-state index contributed by atoms with van der Waals surface area (Å²) in [5, 5.41) is 2.39.